The summed E-state index contributed by atoms with van der Waals surface area (Å²) in [4.78, 5) is 56.0. The van der Waals surface area contributed by atoms with Gasteiger partial charge in [0.05, 0.1) is 5.52 Å². The topological polar surface area (TPSA) is 148 Å². The molecule has 1 aliphatic heterocycles. The standard InChI is InChI=1S/C26H26N4O6/c1-14-10-15(12-21-22(14)29-26(35)36-21)11-20(24(32)33)28-25(34)30-8-6-16(7-9-30)18-13-17-4-2-3-5-19(17)27-23(18)31/h2-5,10,12-13,16,20H,6-9,11H2,1H3,(H,27,31)(H,28,34)(H,29,35)(H,32,33)/t20-/m1/s1. The van der Waals surface area contributed by atoms with Gasteiger partial charge < -0.3 is 24.7 Å². The van der Waals surface area contributed by atoms with Crippen LogP contribution in [0.25, 0.3) is 22.0 Å². The van der Waals surface area contributed by atoms with Crippen LogP contribution in [0.5, 0.6) is 0 Å². The number of likely N-dealkylation sites (tertiary alicyclic amines) is 1. The number of fused-ring (bicyclic) bond motifs is 2. The molecule has 0 saturated carbocycles. The Kier molecular flexibility index (Phi) is 6.09. The van der Waals surface area contributed by atoms with Crippen LogP contribution in [-0.2, 0) is 11.2 Å². The normalized spacial score (nSPS) is 15.3. The third-order valence-corrected chi connectivity index (χ3v) is 6.83. The molecule has 0 bridgehead atoms. The fraction of sp³-hybridized carbons (Fsp3) is 0.308. The fourth-order valence-corrected chi connectivity index (χ4v) is 4.95. The van der Waals surface area contributed by atoms with Crippen molar-refractivity contribution in [2.24, 2.45) is 0 Å². The van der Waals surface area contributed by atoms with Crippen molar-refractivity contribution in [3.63, 3.8) is 0 Å². The van der Waals surface area contributed by atoms with Gasteiger partial charge in [-0.2, -0.15) is 0 Å². The lowest BCUT2D eigenvalue weighted by Crippen LogP contribution is -2.50. The summed E-state index contributed by atoms with van der Waals surface area (Å²) in [5, 5.41) is 13.3. The monoisotopic (exact) mass is 490 g/mol. The minimum Gasteiger partial charge on any atom is -0.480 e. The third kappa shape index (κ3) is 4.61. The van der Waals surface area contributed by atoms with Gasteiger partial charge in [-0.15, -0.1) is 0 Å². The summed E-state index contributed by atoms with van der Waals surface area (Å²) in [6.45, 7) is 2.61. The minimum atomic E-state index is -1.16. The zero-order chi connectivity index (χ0) is 25.4. The van der Waals surface area contributed by atoms with Crippen LogP contribution in [0.2, 0.25) is 0 Å². The first-order valence-electron chi connectivity index (χ1n) is 11.8. The molecule has 0 radical (unpaired) electrons. The van der Waals surface area contributed by atoms with E-state index < -0.39 is 23.8 Å². The van der Waals surface area contributed by atoms with Crippen molar-refractivity contribution in [1.29, 1.82) is 0 Å². The number of carboxylic acid groups (broad SMARTS) is 1. The minimum absolute atomic E-state index is 0.0170. The second kappa shape index (κ2) is 9.37. The Morgan fingerprint density at radius 2 is 1.89 bits per heavy atom. The number of benzene rings is 2. The number of carbonyl (C=O) groups excluding carboxylic acids is 1. The molecule has 0 unspecified atom stereocenters. The number of piperidine rings is 1. The van der Waals surface area contributed by atoms with Crippen molar-refractivity contribution >= 4 is 34.0 Å². The van der Waals surface area contributed by atoms with Crippen molar-refractivity contribution in [3.8, 4) is 0 Å². The first-order valence-corrected chi connectivity index (χ1v) is 11.8. The van der Waals surface area contributed by atoms with Crippen molar-refractivity contribution in [2.45, 2.75) is 38.1 Å². The van der Waals surface area contributed by atoms with Gasteiger partial charge in [0.15, 0.2) is 5.58 Å². The molecule has 10 heteroatoms. The van der Waals surface area contributed by atoms with Gasteiger partial charge >= 0.3 is 17.8 Å². The van der Waals surface area contributed by atoms with Gasteiger partial charge in [-0.05, 0) is 60.4 Å². The molecule has 2 amide bonds. The van der Waals surface area contributed by atoms with Gasteiger partial charge in [-0.25, -0.2) is 14.4 Å². The van der Waals surface area contributed by atoms with Crippen molar-refractivity contribution < 1.29 is 19.1 Å². The van der Waals surface area contributed by atoms with E-state index in [9.17, 15) is 24.3 Å². The summed E-state index contributed by atoms with van der Waals surface area (Å²) in [6.07, 6.45) is 1.25. The van der Waals surface area contributed by atoms with E-state index in [1.165, 1.54) is 0 Å². The Bertz CT molecular complexity index is 1570. The van der Waals surface area contributed by atoms with Gasteiger partial charge in [0.2, 0.25) is 0 Å². The molecule has 2 aromatic carbocycles. The Morgan fingerprint density at radius 3 is 2.64 bits per heavy atom. The van der Waals surface area contributed by atoms with E-state index >= 15 is 0 Å². The number of oxazole rings is 1. The number of urea groups is 1. The Balaban J connectivity index is 1.24. The van der Waals surface area contributed by atoms with Crippen molar-refractivity contribution in [3.05, 3.63) is 80.1 Å². The number of pyridine rings is 1. The quantitative estimate of drug-likeness (QED) is 0.338. The molecular weight excluding hydrogens is 464 g/mol. The highest BCUT2D eigenvalue weighted by atomic mass is 16.4. The largest absolute Gasteiger partial charge is 0.480 e. The molecule has 1 atom stereocenters. The van der Waals surface area contributed by atoms with Crippen LogP contribution < -0.4 is 16.6 Å². The second-order valence-electron chi connectivity index (χ2n) is 9.25. The SMILES string of the molecule is Cc1cc(C[C@@H](NC(=O)N2CCC(c3cc4ccccc4[nH]c3=O)CC2)C(=O)O)cc2oc(=O)[nH]c12. The number of carbonyl (C=O) groups is 2. The first-order chi connectivity index (χ1) is 17.3. The van der Waals surface area contributed by atoms with E-state index in [1.54, 1.807) is 24.0 Å². The highest BCUT2D eigenvalue weighted by molar-refractivity contribution is 5.83. The van der Waals surface area contributed by atoms with Crippen LogP contribution in [0.15, 0.2) is 56.5 Å². The maximum Gasteiger partial charge on any atom is 0.417 e. The molecule has 0 spiro atoms. The van der Waals surface area contributed by atoms with Crippen LogP contribution >= 0.6 is 0 Å². The van der Waals surface area contributed by atoms with Crippen LogP contribution in [0.4, 0.5) is 4.79 Å². The molecule has 2 aromatic heterocycles. The average Bonchev–Trinajstić information content (AvgIpc) is 3.24. The summed E-state index contributed by atoms with van der Waals surface area (Å²) in [5.41, 5.74) is 3.66. The lowest BCUT2D eigenvalue weighted by molar-refractivity contribution is -0.139. The van der Waals surface area contributed by atoms with E-state index in [1.807, 2.05) is 30.3 Å². The molecule has 4 N–H and O–H groups in total. The van der Waals surface area contributed by atoms with Crippen LogP contribution in [0, 0.1) is 6.92 Å². The molecule has 36 heavy (non-hydrogen) atoms. The number of rotatable bonds is 5. The molecule has 3 heterocycles. The Hall–Kier alpha value is -4.34. The Morgan fingerprint density at radius 1 is 1.14 bits per heavy atom. The summed E-state index contributed by atoms with van der Waals surface area (Å²) < 4.78 is 5.11. The number of carboxylic acids is 1. The van der Waals surface area contributed by atoms with E-state index in [0.29, 0.717) is 48.2 Å². The van der Waals surface area contributed by atoms with E-state index in [0.717, 1.165) is 16.5 Å². The predicted molar refractivity (Wildman–Crippen MR) is 133 cm³/mol. The smallest absolute Gasteiger partial charge is 0.417 e. The number of nitrogens with zero attached hydrogens (tertiary/aromatic N) is 1. The number of para-hydroxylation sites is 1. The predicted octanol–water partition coefficient (Wildman–Crippen LogP) is 2.86. The molecular formula is C26H26N4O6. The maximum atomic E-state index is 12.9. The Labute approximate surface area is 204 Å². The molecule has 4 aromatic rings. The summed E-state index contributed by atoms with van der Waals surface area (Å²) in [5.74, 6) is -1.72. The number of nitrogens with one attached hydrogen (secondary N) is 3. The average molecular weight is 491 g/mol. The van der Waals surface area contributed by atoms with E-state index in [2.05, 4.69) is 15.3 Å². The molecule has 10 nitrogen and oxygen atoms in total. The van der Waals surface area contributed by atoms with Gasteiger partial charge in [0.1, 0.15) is 6.04 Å². The lowest BCUT2D eigenvalue weighted by atomic mass is 9.89. The summed E-state index contributed by atoms with van der Waals surface area (Å²) >= 11 is 0. The van der Waals surface area contributed by atoms with E-state index in [4.69, 9.17) is 4.42 Å². The lowest BCUT2D eigenvalue weighted by Gasteiger charge is -2.32. The number of hydrogen-bond donors (Lipinski definition) is 4. The number of amides is 2. The van der Waals surface area contributed by atoms with Gasteiger partial charge in [0, 0.05) is 30.6 Å². The highest BCUT2D eigenvalue weighted by Gasteiger charge is 2.29. The molecule has 186 valence electrons. The third-order valence-electron chi connectivity index (χ3n) is 6.83. The number of aromatic amines is 2. The molecule has 1 saturated heterocycles. The number of H-pyrrole nitrogens is 2. The number of hydrogen-bond acceptors (Lipinski definition) is 5. The van der Waals surface area contributed by atoms with Gasteiger partial charge in [-0.1, -0.05) is 24.3 Å². The van der Waals surface area contributed by atoms with Crippen LogP contribution in [0.1, 0.15) is 35.4 Å². The summed E-state index contributed by atoms with van der Waals surface area (Å²) in [6, 6.07) is 11.3. The zero-order valence-electron chi connectivity index (χ0n) is 19.7. The summed E-state index contributed by atoms with van der Waals surface area (Å²) in [7, 11) is 0. The van der Waals surface area contributed by atoms with Crippen LogP contribution in [0.3, 0.4) is 0 Å². The van der Waals surface area contributed by atoms with Crippen molar-refractivity contribution in [1.82, 2.24) is 20.2 Å². The highest BCUT2D eigenvalue weighted by Crippen LogP contribution is 2.27. The molecule has 1 fully saturated rings. The molecule has 5 rings (SSSR count). The van der Waals surface area contributed by atoms with Gasteiger partial charge in [-0.3, -0.25) is 9.78 Å². The number of aryl methyl sites for hydroxylation is 1. The van der Waals surface area contributed by atoms with E-state index in [-0.39, 0.29) is 17.9 Å². The van der Waals surface area contributed by atoms with Gasteiger partial charge in [0.25, 0.3) is 5.56 Å². The van der Waals surface area contributed by atoms with Crippen LogP contribution in [-0.4, -0.2) is 51.1 Å². The maximum absolute atomic E-state index is 12.9. The molecule has 1 aliphatic rings. The zero-order valence-corrected chi connectivity index (χ0v) is 19.7. The molecule has 0 aliphatic carbocycles. The first kappa shape index (κ1) is 23.4. The van der Waals surface area contributed by atoms with Crippen molar-refractivity contribution in [2.75, 3.05) is 13.1 Å². The second-order valence-corrected chi connectivity index (χ2v) is 9.25. The fourth-order valence-electron chi connectivity index (χ4n) is 4.95. The number of aliphatic carboxylic acids is 1. The number of aromatic nitrogens is 2.